The number of rotatable bonds is 6. The lowest BCUT2D eigenvalue weighted by atomic mass is 10.1. The third-order valence-electron chi connectivity index (χ3n) is 2.09. The Labute approximate surface area is 95.0 Å². The molecule has 0 bridgehead atoms. The second-order valence-electron chi connectivity index (χ2n) is 3.28. The summed E-state index contributed by atoms with van der Waals surface area (Å²) in [5, 5.41) is 17.5. The molecular weight excluding hydrogens is 206 g/mol. The molecule has 1 aromatic rings. The van der Waals surface area contributed by atoms with Gasteiger partial charge in [0.25, 0.3) is 0 Å². The average molecular weight is 221 g/mol. The van der Waals surface area contributed by atoms with Crippen LogP contribution in [0.25, 0.3) is 0 Å². The van der Waals surface area contributed by atoms with Gasteiger partial charge in [-0.3, -0.25) is 0 Å². The topological polar surface area (TPSA) is 62.5 Å². The molecule has 1 N–H and O–H groups in total. The van der Waals surface area contributed by atoms with E-state index in [4.69, 9.17) is 19.8 Å². The zero-order valence-corrected chi connectivity index (χ0v) is 9.22. The van der Waals surface area contributed by atoms with Crippen molar-refractivity contribution in [3.63, 3.8) is 0 Å². The second kappa shape index (κ2) is 6.96. The van der Waals surface area contributed by atoms with Crippen LogP contribution in [0.2, 0.25) is 0 Å². The number of nitrogens with zero attached hydrogens (tertiary/aromatic N) is 1. The lowest BCUT2D eigenvalue weighted by molar-refractivity contribution is 0.0581. The summed E-state index contributed by atoms with van der Waals surface area (Å²) in [6.45, 7) is 0.632. The molecule has 1 unspecified atom stereocenters. The lowest BCUT2D eigenvalue weighted by Crippen LogP contribution is -2.06. The number of methoxy groups -OCH3 is 1. The lowest BCUT2D eigenvalue weighted by Gasteiger charge is -2.10. The van der Waals surface area contributed by atoms with Crippen LogP contribution in [0, 0.1) is 11.3 Å². The van der Waals surface area contributed by atoms with Crippen molar-refractivity contribution in [1.82, 2.24) is 0 Å². The number of hydrogen-bond donors (Lipinski definition) is 1. The molecule has 86 valence electrons. The summed E-state index contributed by atoms with van der Waals surface area (Å²) < 4.78 is 10.2. The van der Waals surface area contributed by atoms with Crippen molar-refractivity contribution in [2.75, 3.05) is 20.3 Å². The highest BCUT2D eigenvalue weighted by molar-refractivity contribution is 5.26. The molecule has 1 aromatic carbocycles. The third kappa shape index (κ3) is 3.63. The van der Waals surface area contributed by atoms with Gasteiger partial charge in [0.2, 0.25) is 0 Å². The quantitative estimate of drug-likeness (QED) is 0.788. The molecule has 16 heavy (non-hydrogen) atoms. The molecule has 0 radical (unpaired) electrons. The van der Waals surface area contributed by atoms with E-state index < -0.39 is 6.10 Å². The fourth-order valence-corrected chi connectivity index (χ4v) is 1.33. The molecule has 0 aliphatic heterocycles. The molecular formula is C12H15NO3. The first-order valence-electron chi connectivity index (χ1n) is 5.01. The van der Waals surface area contributed by atoms with Crippen molar-refractivity contribution in [1.29, 1.82) is 5.26 Å². The fraction of sp³-hybridized carbons (Fsp3) is 0.417. The summed E-state index contributed by atoms with van der Waals surface area (Å²) in [7, 11) is 1.64. The zero-order valence-electron chi connectivity index (χ0n) is 9.22. The Morgan fingerprint density at radius 3 is 2.56 bits per heavy atom. The van der Waals surface area contributed by atoms with Gasteiger partial charge in [-0.2, -0.15) is 5.26 Å². The van der Waals surface area contributed by atoms with Gasteiger partial charge in [0.1, 0.15) is 0 Å². The number of hydrogen-bond acceptors (Lipinski definition) is 4. The van der Waals surface area contributed by atoms with E-state index in [1.165, 1.54) is 0 Å². The Morgan fingerprint density at radius 2 is 2.06 bits per heavy atom. The fourth-order valence-electron chi connectivity index (χ4n) is 1.33. The van der Waals surface area contributed by atoms with E-state index in [0.29, 0.717) is 6.61 Å². The summed E-state index contributed by atoms with van der Waals surface area (Å²) in [6.07, 6.45) is -0.622. The maximum atomic E-state index is 8.90. The summed E-state index contributed by atoms with van der Waals surface area (Å²) in [5.41, 5.74) is 1.83. The van der Waals surface area contributed by atoms with E-state index in [2.05, 4.69) is 0 Å². The van der Waals surface area contributed by atoms with Crippen molar-refractivity contribution >= 4 is 0 Å². The van der Waals surface area contributed by atoms with Gasteiger partial charge >= 0.3 is 0 Å². The van der Waals surface area contributed by atoms with Crippen LogP contribution in [0.3, 0.4) is 0 Å². The first kappa shape index (κ1) is 12.7. The van der Waals surface area contributed by atoms with E-state index in [1.54, 1.807) is 7.11 Å². The molecule has 0 aliphatic carbocycles. The van der Waals surface area contributed by atoms with Crippen molar-refractivity contribution in [2.45, 2.75) is 12.7 Å². The normalized spacial score (nSPS) is 12.1. The molecule has 0 saturated heterocycles. The Morgan fingerprint density at radius 1 is 1.38 bits per heavy atom. The van der Waals surface area contributed by atoms with Gasteiger partial charge in [0.15, 0.2) is 6.10 Å². The Bertz CT molecular complexity index is 342. The zero-order chi connectivity index (χ0) is 11.8. The van der Waals surface area contributed by atoms with Crippen LogP contribution >= 0.6 is 0 Å². The van der Waals surface area contributed by atoms with Gasteiger partial charge in [-0.1, -0.05) is 24.3 Å². The minimum Gasteiger partial charge on any atom is -0.394 e. The largest absolute Gasteiger partial charge is 0.394 e. The van der Waals surface area contributed by atoms with Gasteiger partial charge in [-0.25, -0.2) is 0 Å². The molecule has 0 heterocycles. The summed E-state index contributed by atoms with van der Waals surface area (Å²) >= 11 is 0. The monoisotopic (exact) mass is 221 g/mol. The first-order valence-corrected chi connectivity index (χ1v) is 5.01. The van der Waals surface area contributed by atoms with Crippen molar-refractivity contribution in [3.8, 4) is 6.07 Å². The van der Waals surface area contributed by atoms with Gasteiger partial charge in [0, 0.05) is 7.11 Å². The van der Waals surface area contributed by atoms with E-state index in [9.17, 15) is 0 Å². The predicted octanol–water partition coefficient (Wildman–Crippen LogP) is 1.41. The van der Waals surface area contributed by atoms with Crippen LogP contribution in [-0.2, 0) is 16.1 Å². The van der Waals surface area contributed by atoms with Crippen molar-refractivity contribution in [2.24, 2.45) is 0 Å². The maximum Gasteiger partial charge on any atom is 0.169 e. The van der Waals surface area contributed by atoms with Crippen LogP contribution in [0.4, 0.5) is 0 Å². The molecule has 1 rings (SSSR count). The molecule has 0 aromatic heterocycles. The molecule has 4 nitrogen and oxygen atoms in total. The molecule has 0 fully saturated rings. The minimum absolute atomic E-state index is 0.0834. The number of aliphatic hydroxyl groups is 1. The highest BCUT2D eigenvalue weighted by atomic mass is 16.5. The van der Waals surface area contributed by atoms with Crippen molar-refractivity contribution in [3.05, 3.63) is 35.4 Å². The Hall–Kier alpha value is -1.41. The third-order valence-corrected chi connectivity index (χ3v) is 2.09. The van der Waals surface area contributed by atoms with Crippen LogP contribution in [0.15, 0.2) is 24.3 Å². The number of benzene rings is 1. The number of nitriles is 1. The van der Waals surface area contributed by atoms with E-state index in [1.807, 2.05) is 30.3 Å². The van der Waals surface area contributed by atoms with Crippen LogP contribution in [0.1, 0.15) is 17.2 Å². The summed E-state index contributed by atoms with van der Waals surface area (Å²) in [5.74, 6) is 0. The Balaban J connectivity index is 2.67. The van der Waals surface area contributed by atoms with Crippen LogP contribution in [0.5, 0.6) is 0 Å². The van der Waals surface area contributed by atoms with E-state index in [0.717, 1.165) is 11.1 Å². The first-order chi connectivity index (χ1) is 7.81. The number of aliphatic hydroxyl groups excluding tert-OH is 1. The molecule has 1 atom stereocenters. The maximum absolute atomic E-state index is 8.90. The summed E-state index contributed by atoms with van der Waals surface area (Å²) in [6, 6.07) is 9.49. The van der Waals surface area contributed by atoms with Gasteiger partial charge in [-0.15, -0.1) is 0 Å². The van der Waals surface area contributed by atoms with Gasteiger partial charge < -0.3 is 14.6 Å². The Kier molecular flexibility index (Phi) is 5.51. The SMILES string of the molecule is COCc1ccc(C(C#N)OCCO)cc1. The highest BCUT2D eigenvalue weighted by Crippen LogP contribution is 2.17. The molecule has 0 aliphatic rings. The van der Waals surface area contributed by atoms with Crippen LogP contribution < -0.4 is 0 Å². The predicted molar refractivity (Wildman–Crippen MR) is 58.5 cm³/mol. The summed E-state index contributed by atoms with van der Waals surface area (Å²) in [4.78, 5) is 0. The van der Waals surface area contributed by atoms with E-state index >= 15 is 0 Å². The van der Waals surface area contributed by atoms with Crippen molar-refractivity contribution < 1.29 is 14.6 Å². The highest BCUT2D eigenvalue weighted by Gasteiger charge is 2.09. The minimum atomic E-state index is -0.622. The van der Waals surface area contributed by atoms with E-state index in [-0.39, 0.29) is 13.2 Å². The van der Waals surface area contributed by atoms with Gasteiger partial charge in [0.05, 0.1) is 25.9 Å². The molecule has 0 amide bonds. The van der Waals surface area contributed by atoms with Crippen LogP contribution in [-0.4, -0.2) is 25.4 Å². The molecule has 0 spiro atoms. The molecule has 0 saturated carbocycles. The molecule has 4 heteroatoms. The standard InChI is InChI=1S/C12H15NO3/c1-15-9-10-2-4-11(5-3-10)12(8-13)16-7-6-14/h2-5,12,14H,6-7,9H2,1H3. The van der Waals surface area contributed by atoms with Gasteiger partial charge in [-0.05, 0) is 11.1 Å². The smallest absolute Gasteiger partial charge is 0.169 e. The average Bonchev–Trinajstić information content (AvgIpc) is 2.32. The second-order valence-corrected chi connectivity index (χ2v) is 3.28. The number of ether oxygens (including phenoxy) is 2.